The molecule has 0 radical (unpaired) electrons. The fourth-order valence-electron chi connectivity index (χ4n) is 1.25. The minimum Gasteiger partial charge on any atom is -0.285 e. The van der Waals surface area contributed by atoms with Crippen LogP contribution in [0.3, 0.4) is 0 Å². The topological polar surface area (TPSA) is 77.9 Å². The van der Waals surface area contributed by atoms with Gasteiger partial charge in [0, 0.05) is 23.6 Å². The van der Waals surface area contributed by atoms with Crippen LogP contribution >= 0.6 is 23.6 Å². The number of carbonyl (C=O) groups excluding carboxylic acids is 1. The minimum atomic E-state index is -4.21. The van der Waals surface area contributed by atoms with Crippen LogP contribution in [0.15, 0.2) is 0 Å². The molecule has 1 fully saturated rings. The molecule has 14 heavy (non-hydrogen) atoms. The van der Waals surface area contributed by atoms with Crippen molar-refractivity contribution in [1.29, 1.82) is 0 Å². The molecule has 0 spiro atoms. The van der Waals surface area contributed by atoms with Crippen molar-refractivity contribution in [2.45, 2.75) is 12.5 Å². The molecule has 9 heteroatoms. The molecule has 6 nitrogen and oxygen atoms in total. The van der Waals surface area contributed by atoms with E-state index in [1.165, 1.54) is 6.92 Å². The van der Waals surface area contributed by atoms with Crippen LogP contribution in [-0.2, 0) is 10.1 Å². The Morgan fingerprint density at radius 2 is 2.07 bits per heavy atom. The van der Waals surface area contributed by atoms with E-state index < -0.39 is 27.4 Å². The molecule has 0 aromatic heterocycles. The van der Waals surface area contributed by atoms with E-state index in [4.69, 9.17) is 28.1 Å². The normalized spacial score (nSPS) is 28.7. The minimum absolute atomic E-state index is 0.0727. The molecule has 1 unspecified atom stereocenters. The molecule has 1 rings (SSSR count). The molecule has 1 aliphatic rings. The second kappa shape index (κ2) is 3.41. The summed E-state index contributed by atoms with van der Waals surface area (Å²) in [5, 5.41) is 0. The van der Waals surface area contributed by atoms with Crippen LogP contribution in [0.1, 0.15) is 6.92 Å². The fourth-order valence-corrected chi connectivity index (χ4v) is 2.90. The second-order valence-corrected chi connectivity index (χ2v) is 5.51. The zero-order valence-electron chi connectivity index (χ0n) is 7.14. The van der Waals surface area contributed by atoms with Crippen molar-refractivity contribution in [2.75, 3.05) is 12.3 Å². The number of nitrogens with zero attached hydrogens (tertiary/aromatic N) is 2. The molecular formula is C5H8Cl2N2O4S. The highest BCUT2D eigenvalue weighted by atomic mass is 35.5. The molecular weight excluding hydrogens is 255 g/mol. The molecule has 1 saturated heterocycles. The molecule has 0 saturated carbocycles. The molecule has 1 atom stereocenters. The molecule has 0 aromatic carbocycles. The van der Waals surface area contributed by atoms with Gasteiger partial charge in [-0.3, -0.25) is 4.55 Å². The van der Waals surface area contributed by atoms with E-state index in [-0.39, 0.29) is 6.54 Å². The van der Waals surface area contributed by atoms with Crippen LogP contribution in [0.2, 0.25) is 0 Å². The predicted octanol–water partition coefficient (Wildman–Crippen LogP) is 0.678. The van der Waals surface area contributed by atoms with Gasteiger partial charge in [-0.1, -0.05) is 0 Å². The van der Waals surface area contributed by atoms with Crippen molar-refractivity contribution >= 4 is 39.7 Å². The van der Waals surface area contributed by atoms with Crippen LogP contribution in [0, 0.1) is 0 Å². The number of rotatable bonds is 2. The fraction of sp³-hybridized carbons (Fsp3) is 0.800. The zero-order chi connectivity index (χ0) is 11.1. The van der Waals surface area contributed by atoms with Gasteiger partial charge in [0.15, 0.2) is 0 Å². The van der Waals surface area contributed by atoms with Gasteiger partial charge in [0.05, 0.1) is 12.1 Å². The van der Waals surface area contributed by atoms with Crippen LogP contribution in [0.25, 0.3) is 0 Å². The first-order valence-electron chi connectivity index (χ1n) is 3.54. The van der Waals surface area contributed by atoms with Crippen molar-refractivity contribution in [3.8, 4) is 0 Å². The average Bonchev–Trinajstić information content (AvgIpc) is 2.11. The maximum absolute atomic E-state index is 11.1. The van der Waals surface area contributed by atoms with E-state index in [9.17, 15) is 13.2 Å². The third-order valence-electron chi connectivity index (χ3n) is 1.82. The predicted molar refractivity (Wildman–Crippen MR) is 50.5 cm³/mol. The summed E-state index contributed by atoms with van der Waals surface area (Å²) in [7, 11) is -4.21. The lowest BCUT2D eigenvalue weighted by Gasteiger charge is -2.25. The van der Waals surface area contributed by atoms with E-state index in [0.717, 1.165) is 4.42 Å². The Bertz CT molecular complexity index is 359. The lowest BCUT2D eigenvalue weighted by Crippen LogP contribution is -2.44. The van der Waals surface area contributed by atoms with E-state index in [2.05, 4.69) is 0 Å². The van der Waals surface area contributed by atoms with Gasteiger partial charge in [-0.15, -0.1) is 0 Å². The van der Waals surface area contributed by atoms with Gasteiger partial charge in [0.25, 0.3) is 10.1 Å². The summed E-state index contributed by atoms with van der Waals surface area (Å²) in [6.07, 6.45) is 0. The molecule has 1 heterocycles. The van der Waals surface area contributed by atoms with Crippen LogP contribution < -0.4 is 0 Å². The highest BCUT2D eigenvalue weighted by Crippen LogP contribution is 2.30. The molecule has 1 aliphatic heterocycles. The highest BCUT2D eigenvalue weighted by molar-refractivity contribution is 7.85. The SMILES string of the molecule is CC1(CS(=O)(=O)O)CN(Cl)C(=O)N1Cl. The van der Waals surface area contributed by atoms with E-state index in [0.29, 0.717) is 4.42 Å². The van der Waals surface area contributed by atoms with Crippen molar-refractivity contribution in [3.63, 3.8) is 0 Å². The maximum Gasteiger partial charge on any atom is 0.349 e. The van der Waals surface area contributed by atoms with E-state index in [1.54, 1.807) is 0 Å². The van der Waals surface area contributed by atoms with Crippen molar-refractivity contribution < 1.29 is 17.8 Å². The number of carbonyl (C=O) groups is 1. The first-order valence-corrected chi connectivity index (χ1v) is 5.83. The monoisotopic (exact) mass is 262 g/mol. The third kappa shape index (κ3) is 2.22. The van der Waals surface area contributed by atoms with Gasteiger partial charge in [0.2, 0.25) is 0 Å². The number of halogens is 2. The summed E-state index contributed by atoms with van der Waals surface area (Å²) in [6.45, 7) is 1.34. The summed E-state index contributed by atoms with van der Waals surface area (Å²) in [5.74, 6) is -0.654. The lowest BCUT2D eigenvalue weighted by atomic mass is 10.1. The van der Waals surface area contributed by atoms with Gasteiger partial charge in [-0.05, 0) is 6.92 Å². The zero-order valence-corrected chi connectivity index (χ0v) is 9.47. The van der Waals surface area contributed by atoms with Gasteiger partial charge in [-0.2, -0.15) is 8.42 Å². The Hall–Kier alpha value is -0.240. The molecule has 82 valence electrons. The smallest absolute Gasteiger partial charge is 0.285 e. The Morgan fingerprint density at radius 3 is 2.36 bits per heavy atom. The van der Waals surface area contributed by atoms with Crippen LogP contribution in [-0.4, -0.2) is 45.7 Å². The molecule has 0 aromatic rings. The summed E-state index contributed by atoms with van der Waals surface area (Å²) in [4.78, 5) is 11.1. The Kier molecular flexibility index (Phi) is 2.88. The summed E-state index contributed by atoms with van der Waals surface area (Å²) < 4.78 is 31.4. The maximum atomic E-state index is 11.1. The molecule has 0 bridgehead atoms. The van der Waals surface area contributed by atoms with Crippen molar-refractivity contribution in [2.24, 2.45) is 0 Å². The number of hydrogen-bond acceptors (Lipinski definition) is 3. The quantitative estimate of drug-likeness (QED) is 0.587. The van der Waals surface area contributed by atoms with Gasteiger partial charge in [0.1, 0.15) is 5.75 Å². The van der Waals surface area contributed by atoms with Gasteiger partial charge in [-0.25, -0.2) is 13.6 Å². The summed E-state index contributed by atoms with van der Waals surface area (Å²) >= 11 is 11.0. The first kappa shape index (κ1) is 11.8. The Morgan fingerprint density at radius 1 is 1.57 bits per heavy atom. The Labute approximate surface area is 91.3 Å². The molecule has 0 aliphatic carbocycles. The van der Waals surface area contributed by atoms with Crippen LogP contribution in [0.5, 0.6) is 0 Å². The number of amides is 2. The van der Waals surface area contributed by atoms with Crippen LogP contribution in [0.4, 0.5) is 4.79 Å². The average molecular weight is 263 g/mol. The summed E-state index contributed by atoms with van der Waals surface area (Å²) in [5.41, 5.74) is -1.21. The lowest BCUT2D eigenvalue weighted by molar-refractivity contribution is 0.217. The van der Waals surface area contributed by atoms with E-state index in [1.807, 2.05) is 0 Å². The van der Waals surface area contributed by atoms with Crippen molar-refractivity contribution in [1.82, 2.24) is 8.84 Å². The van der Waals surface area contributed by atoms with Gasteiger partial charge >= 0.3 is 6.03 Å². The molecule has 2 amide bonds. The third-order valence-corrected chi connectivity index (χ3v) is 3.63. The van der Waals surface area contributed by atoms with Gasteiger partial charge < -0.3 is 0 Å². The highest BCUT2D eigenvalue weighted by Gasteiger charge is 2.48. The largest absolute Gasteiger partial charge is 0.349 e. The Balaban J connectivity index is 2.92. The standard InChI is InChI=1S/C5H8Cl2N2O4S/c1-5(3-14(11,12)13)2-8(6)4(10)9(5)7/h2-3H2,1H3,(H,11,12,13). The number of hydrogen-bond donors (Lipinski definition) is 1. The molecule has 1 N–H and O–H groups in total. The summed E-state index contributed by atoms with van der Waals surface area (Å²) in [6, 6.07) is -0.709. The first-order chi connectivity index (χ1) is 6.16. The van der Waals surface area contributed by atoms with Crippen molar-refractivity contribution in [3.05, 3.63) is 0 Å². The second-order valence-electron chi connectivity index (χ2n) is 3.31. The van der Waals surface area contributed by atoms with E-state index >= 15 is 0 Å². The number of urea groups is 1.